The van der Waals surface area contributed by atoms with Crippen LogP contribution in [-0.2, 0) is 14.3 Å². The number of hydrogen-bond donors (Lipinski definition) is 1. The summed E-state index contributed by atoms with van der Waals surface area (Å²) >= 11 is 2.67. The molecule has 9 nitrogen and oxygen atoms in total. The third-order valence-electron chi connectivity index (χ3n) is 6.36. The zero-order valence-electron chi connectivity index (χ0n) is 22.9. The average Bonchev–Trinajstić information content (AvgIpc) is 3.58. The van der Waals surface area contributed by atoms with Crippen LogP contribution in [0.5, 0.6) is 17.2 Å². The van der Waals surface area contributed by atoms with Gasteiger partial charge in [-0.15, -0.1) is 22.7 Å². The maximum absolute atomic E-state index is 12.5. The number of carboxylic acid groups (broad SMARTS) is 1. The number of esters is 1. The largest absolute Gasteiger partial charge is 0.493 e. The van der Waals surface area contributed by atoms with Crippen LogP contribution < -0.4 is 14.2 Å². The summed E-state index contributed by atoms with van der Waals surface area (Å²) in [5.74, 6) is -0.693. The highest BCUT2D eigenvalue weighted by molar-refractivity contribution is 7.21. The van der Waals surface area contributed by atoms with Gasteiger partial charge < -0.3 is 24.1 Å². The second-order valence-electron chi connectivity index (χ2n) is 9.38. The Kier molecular flexibility index (Phi) is 9.95. The summed E-state index contributed by atoms with van der Waals surface area (Å²) < 4.78 is 23.7. The molecule has 0 spiro atoms. The van der Waals surface area contributed by atoms with Crippen LogP contribution in [0.3, 0.4) is 0 Å². The number of carboxylic acids is 1. The highest BCUT2D eigenvalue weighted by Gasteiger charge is 2.20. The van der Waals surface area contributed by atoms with Gasteiger partial charge in [0.05, 0.1) is 49.5 Å². The Bertz CT molecular complexity index is 1580. The molecular formula is C30H30O9S2. The molecule has 216 valence electrons. The number of fused-ring (bicyclic) bond motifs is 2. The molecule has 0 amide bonds. The van der Waals surface area contributed by atoms with Gasteiger partial charge in [-0.25, -0.2) is 0 Å². The van der Waals surface area contributed by atoms with Gasteiger partial charge in [0, 0.05) is 34.7 Å². The normalized spacial score (nSPS) is 11.8. The molecule has 0 saturated carbocycles. The van der Waals surface area contributed by atoms with Crippen molar-refractivity contribution in [2.75, 3.05) is 27.4 Å². The van der Waals surface area contributed by atoms with Gasteiger partial charge in [0.1, 0.15) is 5.75 Å². The molecule has 1 N–H and O–H groups in total. The number of methoxy groups -OCH3 is 2. The number of rotatable bonds is 15. The summed E-state index contributed by atoms with van der Waals surface area (Å²) in [6.07, 6.45) is 0.708. The smallest absolute Gasteiger partial charge is 0.306 e. The Morgan fingerprint density at radius 3 is 2.20 bits per heavy atom. The Morgan fingerprint density at radius 2 is 1.49 bits per heavy atom. The first-order valence-corrected chi connectivity index (χ1v) is 14.6. The third kappa shape index (κ3) is 7.62. The number of ether oxygens (including phenoxy) is 4. The summed E-state index contributed by atoms with van der Waals surface area (Å²) in [5, 5.41) is 10.8. The topological polar surface area (TPSA) is 125 Å². The third-order valence-corrected chi connectivity index (χ3v) is 8.63. The van der Waals surface area contributed by atoms with Crippen molar-refractivity contribution < 1.29 is 43.2 Å². The fourth-order valence-corrected chi connectivity index (χ4v) is 6.11. The lowest BCUT2D eigenvalue weighted by molar-refractivity contribution is -0.141. The molecule has 0 aliphatic heterocycles. The van der Waals surface area contributed by atoms with E-state index in [1.807, 2.05) is 36.4 Å². The lowest BCUT2D eigenvalue weighted by Crippen LogP contribution is -2.13. The number of Topliss-reactive ketones (excluding diaryl/α,β-unsaturated/α-hetero) is 2. The van der Waals surface area contributed by atoms with E-state index < -0.39 is 17.9 Å². The molecule has 0 fully saturated rings. The maximum Gasteiger partial charge on any atom is 0.306 e. The molecule has 0 unspecified atom stereocenters. The molecule has 4 aromatic rings. The molecular weight excluding hydrogens is 568 g/mol. The lowest BCUT2D eigenvalue weighted by Gasteiger charge is -2.11. The zero-order chi connectivity index (χ0) is 29.5. The van der Waals surface area contributed by atoms with Crippen molar-refractivity contribution in [1.82, 2.24) is 0 Å². The fraction of sp³-hybridized carbons (Fsp3) is 0.333. The van der Waals surface area contributed by atoms with Gasteiger partial charge in [0.15, 0.2) is 23.1 Å². The molecule has 11 heteroatoms. The van der Waals surface area contributed by atoms with Crippen molar-refractivity contribution in [2.45, 2.75) is 32.6 Å². The number of thiophene rings is 2. The van der Waals surface area contributed by atoms with Crippen LogP contribution >= 0.6 is 22.7 Å². The Labute approximate surface area is 244 Å². The van der Waals surface area contributed by atoms with E-state index in [1.54, 1.807) is 13.2 Å². The first-order valence-electron chi connectivity index (χ1n) is 12.9. The Hall–Kier alpha value is -3.96. The van der Waals surface area contributed by atoms with E-state index in [-0.39, 0.29) is 30.8 Å². The van der Waals surface area contributed by atoms with Crippen LogP contribution in [0.15, 0.2) is 42.5 Å². The number of benzene rings is 2. The van der Waals surface area contributed by atoms with Gasteiger partial charge in [-0.2, -0.15) is 0 Å². The maximum atomic E-state index is 12.5. The number of ketones is 2. The van der Waals surface area contributed by atoms with Crippen LogP contribution in [0, 0.1) is 5.92 Å². The first kappa shape index (κ1) is 30.0. The van der Waals surface area contributed by atoms with Gasteiger partial charge in [0.2, 0.25) is 0 Å². The zero-order valence-corrected chi connectivity index (χ0v) is 24.5. The van der Waals surface area contributed by atoms with Gasteiger partial charge in [-0.05, 0) is 47.2 Å². The van der Waals surface area contributed by atoms with Gasteiger partial charge >= 0.3 is 11.9 Å². The molecule has 2 heterocycles. The van der Waals surface area contributed by atoms with E-state index >= 15 is 0 Å². The van der Waals surface area contributed by atoms with Crippen LogP contribution in [0.25, 0.3) is 20.2 Å². The van der Waals surface area contributed by atoms with Gasteiger partial charge in [0.25, 0.3) is 0 Å². The van der Waals surface area contributed by atoms with E-state index in [1.165, 1.54) is 36.7 Å². The van der Waals surface area contributed by atoms with Crippen molar-refractivity contribution in [3.8, 4) is 17.2 Å². The van der Waals surface area contributed by atoms with Crippen molar-refractivity contribution in [3.05, 3.63) is 52.2 Å². The summed E-state index contributed by atoms with van der Waals surface area (Å²) in [6, 6.07) is 12.8. The van der Waals surface area contributed by atoms with Crippen LogP contribution in [-0.4, -0.2) is 56.0 Å². The van der Waals surface area contributed by atoms with Crippen molar-refractivity contribution in [1.29, 1.82) is 0 Å². The first-order chi connectivity index (χ1) is 19.7. The summed E-state index contributed by atoms with van der Waals surface area (Å²) in [5.41, 5.74) is 0. The molecule has 0 saturated heterocycles. The van der Waals surface area contributed by atoms with Crippen LogP contribution in [0.2, 0.25) is 0 Å². The summed E-state index contributed by atoms with van der Waals surface area (Å²) in [4.78, 5) is 48.5. The second kappa shape index (κ2) is 13.6. The lowest BCUT2D eigenvalue weighted by atomic mass is 10.0. The molecule has 4 rings (SSSR count). The van der Waals surface area contributed by atoms with Crippen molar-refractivity contribution >= 4 is 66.4 Å². The van der Waals surface area contributed by atoms with Gasteiger partial charge in [-0.1, -0.05) is 6.92 Å². The van der Waals surface area contributed by atoms with E-state index in [9.17, 15) is 19.2 Å². The van der Waals surface area contributed by atoms with E-state index in [0.717, 1.165) is 20.2 Å². The monoisotopic (exact) mass is 598 g/mol. The standard InChI is InChI=1S/C30H30O9S2/c1-17(30(34)35)11-22(32)28-14-19-12-24(23(36-2)16-26(19)41-28)39-10-4-9-38-20-6-5-18-13-27(40-25(18)15-20)21(31)7-8-29(33)37-3/h5-6,12-17H,4,7-11H2,1-3H3,(H,34,35)/t17-/m0/s1. The van der Waals surface area contributed by atoms with E-state index in [4.69, 9.17) is 19.3 Å². The number of aliphatic carboxylic acids is 1. The minimum Gasteiger partial charge on any atom is -0.493 e. The predicted octanol–water partition coefficient (Wildman–Crippen LogP) is 6.40. The highest BCUT2D eigenvalue weighted by Crippen LogP contribution is 2.37. The number of carbonyl (C=O) groups excluding carboxylic acids is 3. The molecule has 1 atom stereocenters. The predicted molar refractivity (Wildman–Crippen MR) is 157 cm³/mol. The molecule has 2 aromatic heterocycles. The van der Waals surface area contributed by atoms with Gasteiger partial charge in [-0.3, -0.25) is 19.2 Å². The average molecular weight is 599 g/mol. The second-order valence-corrected chi connectivity index (χ2v) is 11.5. The molecule has 0 aliphatic carbocycles. The quantitative estimate of drug-likeness (QED) is 0.0939. The van der Waals surface area contributed by atoms with E-state index in [0.29, 0.717) is 46.6 Å². The number of carbonyl (C=O) groups is 4. The Balaban J connectivity index is 1.31. The summed E-state index contributed by atoms with van der Waals surface area (Å²) in [6.45, 7) is 2.29. The highest BCUT2D eigenvalue weighted by atomic mass is 32.1. The molecule has 0 aliphatic rings. The fourth-order valence-electron chi connectivity index (χ4n) is 4.03. The van der Waals surface area contributed by atoms with Crippen LogP contribution in [0.4, 0.5) is 0 Å². The van der Waals surface area contributed by atoms with Crippen molar-refractivity contribution in [2.24, 2.45) is 5.92 Å². The van der Waals surface area contributed by atoms with Crippen molar-refractivity contribution in [3.63, 3.8) is 0 Å². The van der Waals surface area contributed by atoms with Crippen LogP contribution in [0.1, 0.15) is 52.0 Å². The minimum atomic E-state index is -0.998. The number of hydrogen-bond acceptors (Lipinski definition) is 10. The molecule has 2 aromatic carbocycles. The Morgan fingerprint density at radius 1 is 0.805 bits per heavy atom. The molecule has 41 heavy (non-hydrogen) atoms. The SMILES string of the molecule is COC(=O)CCC(=O)c1cc2ccc(OCCCOc3cc4cc(C(=O)C[C@H](C)C(=O)O)sc4cc3OC)cc2s1. The van der Waals surface area contributed by atoms with E-state index in [2.05, 4.69) is 4.74 Å². The summed E-state index contributed by atoms with van der Waals surface area (Å²) in [7, 11) is 2.85. The molecule has 0 radical (unpaired) electrons. The molecule has 0 bridgehead atoms. The minimum absolute atomic E-state index is 0.0571.